The van der Waals surface area contributed by atoms with Gasteiger partial charge in [-0.2, -0.15) is 20.8 Å². The van der Waals surface area contributed by atoms with E-state index in [2.05, 4.69) is 53.0 Å². The van der Waals surface area contributed by atoms with Gasteiger partial charge in [-0.15, -0.1) is 0 Å². The Balaban J connectivity index is -0.0000000388. The molecule has 0 aliphatic carbocycles. The fraction of sp³-hybridized carbons (Fsp3) is 0.667. The first-order chi connectivity index (χ1) is 7.00. The second-order valence-electron chi connectivity index (χ2n) is 3.56. The van der Waals surface area contributed by atoms with Gasteiger partial charge in [0.15, 0.2) is 0 Å². The Morgan fingerprint density at radius 3 is 1.44 bits per heavy atom. The molecule has 94 valence electrons. The van der Waals surface area contributed by atoms with Crippen LogP contribution in [0.25, 0.3) is 4.85 Å². The predicted molar refractivity (Wildman–Crippen MR) is 64.7 cm³/mol. The summed E-state index contributed by atoms with van der Waals surface area (Å²) in [4.78, 5) is 18.7. The van der Waals surface area contributed by atoms with Crippen LogP contribution in [0, 0.1) is 18.4 Å². The molecule has 0 atom stereocenters. The normalized spacial score (nSPS) is 6.62. The van der Waals surface area contributed by atoms with Crippen LogP contribution in [0.2, 0.25) is 0 Å². The molecule has 0 aliphatic heterocycles. The Kier molecular flexibility index (Phi) is 67.6. The van der Waals surface area contributed by atoms with E-state index in [1.54, 1.807) is 0 Å². The van der Waals surface area contributed by atoms with Crippen LogP contribution in [-0.4, -0.2) is 20.1 Å². The van der Waals surface area contributed by atoms with Gasteiger partial charge in [-0.3, -0.25) is 13.6 Å². The van der Waals surface area contributed by atoms with Crippen molar-refractivity contribution in [3.63, 3.8) is 0 Å². The van der Waals surface area contributed by atoms with Crippen molar-refractivity contribution >= 4 is 13.6 Å². The monoisotopic (exact) mass is 314 g/mol. The Bertz CT molecular complexity index is 129. The quantitative estimate of drug-likeness (QED) is 0.446. The predicted octanol–water partition coefficient (Wildman–Crippen LogP) is 3.02. The van der Waals surface area contributed by atoms with E-state index in [-0.39, 0.29) is 19.5 Å². The summed E-state index contributed by atoms with van der Waals surface area (Å²) in [6, 6.07) is 0. The SMILES string of the molecule is C[C-](C)C.[C-]#[N+]CCC(C)C.[CH-]=O.[CH-]=O.[Ru+4]. The summed E-state index contributed by atoms with van der Waals surface area (Å²) in [6.45, 7) is 24.1. The average Bonchev–Trinajstić information content (AvgIpc) is 2.20. The van der Waals surface area contributed by atoms with Gasteiger partial charge in [0, 0.05) is 6.42 Å². The van der Waals surface area contributed by atoms with E-state index in [1.807, 2.05) is 0 Å². The van der Waals surface area contributed by atoms with Crippen LogP contribution in [0.15, 0.2) is 0 Å². The average molecular weight is 313 g/mol. The molecule has 0 radical (unpaired) electrons. The van der Waals surface area contributed by atoms with Crippen LogP contribution in [0.3, 0.4) is 0 Å². The summed E-state index contributed by atoms with van der Waals surface area (Å²) >= 11 is 0. The molecule has 0 aliphatic rings. The fourth-order valence-corrected chi connectivity index (χ4v) is 0.323. The Morgan fingerprint density at radius 1 is 1.12 bits per heavy atom. The Labute approximate surface area is 114 Å². The van der Waals surface area contributed by atoms with E-state index in [0.29, 0.717) is 12.5 Å². The number of carbonyl (C=O) groups excluding carboxylic acids is 2. The van der Waals surface area contributed by atoms with Gasteiger partial charge < -0.3 is 20.4 Å². The van der Waals surface area contributed by atoms with Crippen molar-refractivity contribution in [1.82, 2.24) is 0 Å². The molecular weight excluding hydrogens is 291 g/mol. The fourth-order valence-electron chi connectivity index (χ4n) is 0.323. The second-order valence-corrected chi connectivity index (χ2v) is 3.56. The Hall–Kier alpha value is -0.547. The first-order valence-corrected chi connectivity index (χ1v) is 4.57. The van der Waals surface area contributed by atoms with Crippen molar-refractivity contribution in [2.45, 2.75) is 41.0 Å². The summed E-state index contributed by atoms with van der Waals surface area (Å²) < 4.78 is 0. The third-order valence-electron chi connectivity index (χ3n) is 0.818. The number of hydrogen-bond donors (Lipinski definition) is 0. The molecule has 0 spiro atoms. The largest absolute Gasteiger partial charge is 4.00 e. The maximum absolute atomic E-state index is 7.75. The third-order valence-corrected chi connectivity index (χ3v) is 0.818. The van der Waals surface area contributed by atoms with Gasteiger partial charge >= 0.3 is 19.5 Å². The zero-order chi connectivity index (χ0) is 13.3. The molecule has 0 bridgehead atoms. The molecule has 0 aromatic rings. The van der Waals surface area contributed by atoms with Crippen LogP contribution >= 0.6 is 0 Å². The van der Waals surface area contributed by atoms with Crippen molar-refractivity contribution in [3.05, 3.63) is 17.3 Å². The van der Waals surface area contributed by atoms with Gasteiger partial charge in [-0.25, -0.2) is 6.57 Å². The van der Waals surface area contributed by atoms with E-state index in [9.17, 15) is 0 Å². The number of rotatable bonds is 2. The van der Waals surface area contributed by atoms with Crippen LogP contribution in [0.1, 0.15) is 41.0 Å². The molecule has 0 fully saturated rings. The van der Waals surface area contributed by atoms with E-state index < -0.39 is 0 Å². The molecular formula is C12H22NO2Ru+. The van der Waals surface area contributed by atoms with Crippen molar-refractivity contribution in [2.24, 2.45) is 5.92 Å². The number of nitrogens with zero attached hydrogens (tertiary/aromatic N) is 1. The van der Waals surface area contributed by atoms with Crippen LogP contribution in [-0.2, 0) is 29.1 Å². The summed E-state index contributed by atoms with van der Waals surface area (Å²) in [5, 5.41) is 0. The third kappa shape index (κ3) is 175. The van der Waals surface area contributed by atoms with Gasteiger partial charge in [-0.05, 0) is 5.92 Å². The van der Waals surface area contributed by atoms with E-state index in [1.165, 1.54) is 5.92 Å². The van der Waals surface area contributed by atoms with Crippen LogP contribution in [0.4, 0.5) is 0 Å². The summed E-state index contributed by atoms with van der Waals surface area (Å²) in [7, 11) is 0. The van der Waals surface area contributed by atoms with Crippen molar-refractivity contribution < 1.29 is 29.1 Å². The second kappa shape index (κ2) is 36.6. The molecule has 0 N–H and O–H groups in total. The van der Waals surface area contributed by atoms with Gasteiger partial charge in [0.1, 0.15) is 0 Å². The first-order valence-electron chi connectivity index (χ1n) is 4.57. The maximum atomic E-state index is 7.75. The number of hydrogen-bond acceptors (Lipinski definition) is 2. The first kappa shape index (κ1) is 29.5. The molecule has 0 heterocycles. The molecule has 0 unspecified atom stereocenters. The summed E-state index contributed by atoms with van der Waals surface area (Å²) in [6.07, 6.45) is 1.05. The zero-order valence-electron chi connectivity index (χ0n) is 10.8. The molecule has 0 saturated carbocycles. The summed E-state index contributed by atoms with van der Waals surface area (Å²) in [5.74, 6) is 2.11. The van der Waals surface area contributed by atoms with Gasteiger partial charge in [-0.1, -0.05) is 13.8 Å². The maximum Gasteiger partial charge on any atom is 4.00 e. The van der Waals surface area contributed by atoms with Crippen molar-refractivity contribution in [1.29, 1.82) is 0 Å². The molecule has 3 nitrogen and oxygen atoms in total. The molecule has 0 aromatic carbocycles. The van der Waals surface area contributed by atoms with Crippen molar-refractivity contribution in [3.8, 4) is 0 Å². The van der Waals surface area contributed by atoms with Gasteiger partial charge in [0.25, 0.3) is 0 Å². The van der Waals surface area contributed by atoms with E-state index in [0.717, 1.165) is 6.42 Å². The van der Waals surface area contributed by atoms with E-state index in [4.69, 9.17) is 16.2 Å². The summed E-state index contributed by atoms with van der Waals surface area (Å²) in [5.41, 5.74) is 0. The standard InChI is InChI=1S/C6H11N.C4H9.2CHO.Ru/c1-6(2)4-5-7-3;1-4(2)3;2*1-2;/h6H,4-5H2,1-2H3;1-3H3;2*1H;/q;3*-1;+4. The van der Waals surface area contributed by atoms with Gasteiger partial charge in [0.05, 0.1) is 0 Å². The molecule has 0 aromatic heterocycles. The molecule has 0 amide bonds. The molecule has 16 heavy (non-hydrogen) atoms. The minimum Gasteiger partial charge on any atom is -0.545 e. The molecule has 0 saturated heterocycles. The minimum atomic E-state index is 0. The van der Waals surface area contributed by atoms with Crippen LogP contribution in [0.5, 0.6) is 0 Å². The molecule has 4 heteroatoms. The van der Waals surface area contributed by atoms with Crippen LogP contribution < -0.4 is 0 Å². The minimum absolute atomic E-state index is 0. The van der Waals surface area contributed by atoms with Crippen molar-refractivity contribution in [2.75, 3.05) is 6.54 Å². The Morgan fingerprint density at radius 2 is 1.38 bits per heavy atom. The smallest absolute Gasteiger partial charge is 0.545 e. The molecule has 0 rings (SSSR count). The van der Waals surface area contributed by atoms with Gasteiger partial charge in [0.2, 0.25) is 6.54 Å². The zero-order valence-corrected chi connectivity index (χ0v) is 12.5. The van der Waals surface area contributed by atoms with E-state index >= 15 is 0 Å². The topological polar surface area (TPSA) is 38.5 Å².